The summed E-state index contributed by atoms with van der Waals surface area (Å²) in [5.74, 6) is -0.339. The summed E-state index contributed by atoms with van der Waals surface area (Å²) in [5.41, 5.74) is 1.16. The lowest BCUT2D eigenvalue weighted by Gasteiger charge is -2.35. The SMILES string of the molecule is CCOC(=O)N1CCN(C(=O)CN(c2ccccc2C)S(=O)(=O)c2ccc(Cl)cc2)CC1. The fourth-order valence-corrected chi connectivity index (χ4v) is 5.06. The highest BCUT2D eigenvalue weighted by molar-refractivity contribution is 7.92. The number of aryl methyl sites for hydroxylation is 1. The fourth-order valence-electron chi connectivity index (χ4n) is 3.45. The molecule has 1 fully saturated rings. The number of piperazine rings is 1. The molecule has 0 N–H and O–H groups in total. The number of hydrogen-bond acceptors (Lipinski definition) is 5. The molecule has 0 unspecified atom stereocenters. The van der Waals surface area contributed by atoms with Crippen LogP contribution < -0.4 is 4.31 Å². The Labute approximate surface area is 193 Å². The van der Waals surface area contributed by atoms with Crippen molar-refractivity contribution in [3.05, 3.63) is 59.1 Å². The van der Waals surface area contributed by atoms with E-state index >= 15 is 0 Å². The van der Waals surface area contributed by atoms with E-state index in [1.165, 1.54) is 29.2 Å². The number of anilines is 1. The van der Waals surface area contributed by atoms with Gasteiger partial charge in [-0.3, -0.25) is 9.10 Å². The van der Waals surface area contributed by atoms with Crippen LogP contribution in [-0.4, -0.2) is 69.5 Å². The van der Waals surface area contributed by atoms with E-state index in [1.807, 2.05) is 6.07 Å². The second-order valence-corrected chi connectivity index (χ2v) is 9.62. The number of rotatable bonds is 6. The van der Waals surface area contributed by atoms with E-state index in [9.17, 15) is 18.0 Å². The van der Waals surface area contributed by atoms with Crippen LogP contribution in [0.25, 0.3) is 0 Å². The smallest absolute Gasteiger partial charge is 0.409 e. The molecule has 2 amide bonds. The second-order valence-electron chi connectivity index (χ2n) is 7.32. The molecule has 1 aliphatic rings. The molecule has 0 atom stereocenters. The van der Waals surface area contributed by atoms with Gasteiger partial charge in [0.15, 0.2) is 0 Å². The molecule has 1 heterocycles. The Morgan fingerprint density at radius 1 is 1.00 bits per heavy atom. The van der Waals surface area contributed by atoms with E-state index < -0.39 is 16.1 Å². The first kappa shape index (κ1) is 23.9. The lowest BCUT2D eigenvalue weighted by atomic mass is 10.2. The van der Waals surface area contributed by atoms with Crippen molar-refractivity contribution in [2.24, 2.45) is 0 Å². The van der Waals surface area contributed by atoms with Gasteiger partial charge in [-0.15, -0.1) is 0 Å². The van der Waals surface area contributed by atoms with E-state index in [4.69, 9.17) is 16.3 Å². The average Bonchev–Trinajstić information content (AvgIpc) is 2.78. The molecule has 3 rings (SSSR count). The number of carbonyl (C=O) groups excluding carboxylic acids is 2. The number of sulfonamides is 1. The van der Waals surface area contributed by atoms with E-state index in [0.717, 1.165) is 9.87 Å². The van der Waals surface area contributed by atoms with Gasteiger partial charge in [-0.2, -0.15) is 0 Å². The molecule has 1 aliphatic heterocycles. The van der Waals surface area contributed by atoms with E-state index in [0.29, 0.717) is 36.9 Å². The Morgan fingerprint density at radius 2 is 1.59 bits per heavy atom. The Balaban J connectivity index is 1.83. The molecule has 172 valence electrons. The van der Waals surface area contributed by atoms with E-state index in [1.54, 1.807) is 36.9 Å². The fraction of sp³-hybridized carbons (Fsp3) is 0.364. The number of benzene rings is 2. The van der Waals surface area contributed by atoms with Crippen molar-refractivity contribution in [1.82, 2.24) is 9.80 Å². The quantitative estimate of drug-likeness (QED) is 0.635. The van der Waals surface area contributed by atoms with Gasteiger partial charge in [0.1, 0.15) is 6.54 Å². The summed E-state index contributed by atoms with van der Waals surface area (Å²) in [4.78, 5) is 28.1. The van der Waals surface area contributed by atoms with Gasteiger partial charge < -0.3 is 14.5 Å². The van der Waals surface area contributed by atoms with Crippen molar-refractivity contribution in [1.29, 1.82) is 0 Å². The Bertz CT molecular complexity index is 1070. The van der Waals surface area contributed by atoms with Gasteiger partial charge in [0, 0.05) is 31.2 Å². The predicted octanol–water partition coefficient (Wildman–Crippen LogP) is 3.14. The van der Waals surface area contributed by atoms with Crippen LogP contribution in [0.3, 0.4) is 0 Å². The maximum absolute atomic E-state index is 13.5. The highest BCUT2D eigenvalue weighted by Crippen LogP contribution is 2.27. The van der Waals surface area contributed by atoms with Crippen LogP contribution in [0.15, 0.2) is 53.4 Å². The summed E-state index contributed by atoms with van der Waals surface area (Å²) in [5, 5.41) is 0.418. The minimum atomic E-state index is -4.02. The van der Waals surface area contributed by atoms with Gasteiger partial charge in [0.2, 0.25) is 5.91 Å². The molecule has 0 bridgehead atoms. The van der Waals surface area contributed by atoms with Gasteiger partial charge in [-0.25, -0.2) is 13.2 Å². The summed E-state index contributed by atoms with van der Waals surface area (Å²) in [6.07, 6.45) is -0.411. The topological polar surface area (TPSA) is 87.2 Å². The van der Waals surface area contributed by atoms with Gasteiger partial charge in [0.05, 0.1) is 17.2 Å². The van der Waals surface area contributed by atoms with Crippen LogP contribution in [0.1, 0.15) is 12.5 Å². The third-order valence-corrected chi connectivity index (χ3v) is 7.25. The monoisotopic (exact) mass is 479 g/mol. The molecule has 1 saturated heterocycles. The van der Waals surface area contributed by atoms with Crippen LogP contribution in [0.4, 0.5) is 10.5 Å². The Hall–Kier alpha value is -2.78. The molecule has 0 spiro atoms. The van der Waals surface area contributed by atoms with Gasteiger partial charge in [0.25, 0.3) is 10.0 Å². The van der Waals surface area contributed by atoms with Gasteiger partial charge in [-0.1, -0.05) is 29.8 Å². The molecule has 32 heavy (non-hydrogen) atoms. The molecular weight excluding hydrogens is 454 g/mol. The van der Waals surface area contributed by atoms with Gasteiger partial charge in [-0.05, 0) is 49.7 Å². The zero-order valence-electron chi connectivity index (χ0n) is 18.0. The summed E-state index contributed by atoms with van der Waals surface area (Å²) in [7, 11) is -4.02. The molecule has 0 aliphatic carbocycles. The first-order chi connectivity index (χ1) is 15.2. The van der Waals surface area contributed by atoms with E-state index in [2.05, 4.69) is 0 Å². The maximum Gasteiger partial charge on any atom is 0.409 e. The molecule has 10 heteroatoms. The van der Waals surface area contributed by atoms with E-state index in [-0.39, 0.29) is 24.0 Å². The third kappa shape index (κ3) is 5.34. The minimum absolute atomic E-state index is 0.0464. The Morgan fingerprint density at radius 3 is 2.19 bits per heavy atom. The third-order valence-electron chi connectivity index (χ3n) is 5.22. The van der Waals surface area contributed by atoms with Crippen molar-refractivity contribution in [2.45, 2.75) is 18.7 Å². The standard InChI is InChI=1S/C22H26ClN3O5S/c1-3-31-22(28)25-14-12-24(13-15-25)21(27)16-26(20-7-5-4-6-17(20)2)32(29,30)19-10-8-18(23)9-11-19/h4-11H,3,12-16H2,1-2H3. The lowest BCUT2D eigenvalue weighted by molar-refractivity contribution is -0.131. The number of hydrogen-bond donors (Lipinski definition) is 0. The van der Waals surface area contributed by atoms with Gasteiger partial charge >= 0.3 is 6.09 Å². The summed E-state index contributed by atoms with van der Waals surface area (Å²) < 4.78 is 33.1. The highest BCUT2D eigenvalue weighted by atomic mass is 35.5. The average molecular weight is 480 g/mol. The molecule has 8 nitrogen and oxygen atoms in total. The molecule has 0 saturated carbocycles. The van der Waals surface area contributed by atoms with Crippen LogP contribution in [0, 0.1) is 6.92 Å². The van der Waals surface area contributed by atoms with Crippen LogP contribution in [0.5, 0.6) is 0 Å². The van der Waals surface area contributed by atoms with Crippen molar-refractivity contribution < 1.29 is 22.7 Å². The lowest BCUT2D eigenvalue weighted by Crippen LogP contribution is -2.53. The highest BCUT2D eigenvalue weighted by Gasteiger charge is 2.31. The Kier molecular flexibility index (Phi) is 7.63. The minimum Gasteiger partial charge on any atom is -0.450 e. The molecular formula is C22H26ClN3O5S. The maximum atomic E-state index is 13.5. The summed E-state index contributed by atoms with van der Waals surface area (Å²) in [6.45, 7) is 4.74. The zero-order chi connectivity index (χ0) is 23.3. The number of halogens is 1. The number of amides is 2. The molecule has 0 radical (unpaired) electrons. The van der Waals surface area contributed by atoms with Crippen LogP contribution >= 0.6 is 11.6 Å². The van der Waals surface area contributed by atoms with Crippen LogP contribution in [0.2, 0.25) is 5.02 Å². The van der Waals surface area contributed by atoms with Crippen molar-refractivity contribution in [2.75, 3.05) is 43.6 Å². The van der Waals surface area contributed by atoms with Crippen molar-refractivity contribution >= 4 is 39.3 Å². The normalized spacial score (nSPS) is 14.2. The second kappa shape index (κ2) is 10.2. The molecule has 2 aromatic rings. The zero-order valence-corrected chi connectivity index (χ0v) is 19.6. The predicted molar refractivity (Wildman–Crippen MR) is 122 cm³/mol. The number of carbonyl (C=O) groups is 2. The summed E-state index contributed by atoms with van der Waals surface area (Å²) in [6, 6.07) is 12.9. The number of nitrogens with zero attached hydrogens (tertiary/aromatic N) is 3. The molecule has 2 aromatic carbocycles. The largest absolute Gasteiger partial charge is 0.450 e. The van der Waals surface area contributed by atoms with Crippen LogP contribution in [-0.2, 0) is 19.6 Å². The van der Waals surface area contributed by atoms with Crippen molar-refractivity contribution in [3.63, 3.8) is 0 Å². The van der Waals surface area contributed by atoms with Crippen molar-refractivity contribution in [3.8, 4) is 0 Å². The number of para-hydroxylation sites is 1. The number of ether oxygens (including phenoxy) is 1. The first-order valence-electron chi connectivity index (χ1n) is 10.3. The molecule has 0 aromatic heterocycles. The summed E-state index contributed by atoms with van der Waals surface area (Å²) >= 11 is 5.92. The first-order valence-corrected chi connectivity index (χ1v) is 12.1.